The average molecular weight is 129 g/mol. The monoisotopic (exact) mass is 129 g/mol. The minimum atomic E-state index is -0.881. The van der Waals surface area contributed by atoms with E-state index in [1.165, 1.54) is 6.08 Å². The smallest absolute Gasteiger partial charge is 0.155 e. The number of aliphatic hydroxyl groups excluding tert-OH is 1. The molecule has 0 amide bonds. The molecular formula is C6H11NO2. The molecule has 0 fully saturated rings. The fourth-order valence-corrected chi connectivity index (χ4v) is 0.392. The molecular weight excluding hydrogens is 118 g/mol. The maximum Gasteiger partial charge on any atom is 0.155 e. The van der Waals surface area contributed by atoms with Crippen molar-refractivity contribution in [3.8, 4) is 0 Å². The number of allylic oxidation sites excluding steroid dienone is 1. The molecule has 3 nitrogen and oxygen atoms in total. The number of rotatable bonds is 4. The van der Waals surface area contributed by atoms with Gasteiger partial charge in [-0.2, -0.15) is 0 Å². The molecule has 0 rings (SSSR count). The maximum absolute atomic E-state index is 10.4. The van der Waals surface area contributed by atoms with E-state index in [1.54, 1.807) is 0 Å². The number of carbonyl (C=O) groups is 1. The zero-order chi connectivity index (χ0) is 7.28. The Hall–Kier alpha value is -0.670. The van der Waals surface area contributed by atoms with Crippen LogP contribution in [0.2, 0.25) is 0 Å². The third-order valence-electron chi connectivity index (χ3n) is 0.914. The Kier molecular flexibility index (Phi) is 3.92. The highest BCUT2D eigenvalue weighted by atomic mass is 16.3. The Labute approximate surface area is 54.2 Å². The largest absolute Gasteiger partial charge is 0.379 e. The molecule has 52 valence electrons. The van der Waals surface area contributed by atoms with Gasteiger partial charge < -0.3 is 10.8 Å². The van der Waals surface area contributed by atoms with Crippen LogP contribution in [0.25, 0.3) is 0 Å². The topological polar surface area (TPSA) is 63.3 Å². The molecule has 1 atom stereocenters. The van der Waals surface area contributed by atoms with Crippen LogP contribution in [-0.4, -0.2) is 17.1 Å². The Balaban J connectivity index is 3.27. The Morgan fingerprint density at radius 1 is 1.89 bits per heavy atom. The maximum atomic E-state index is 10.4. The second kappa shape index (κ2) is 4.23. The van der Waals surface area contributed by atoms with E-state index in [-0.39, 0.29) is 12.2 Å². The van der Waals surface area contributed by atoms with E-state index in [9.17, 15) is 4.79 Å². The number of carbonyl (C=O) groups excluding carboxylic acids is 1. The van der Waals surface area contributed by atoms with Gasteiger partial charge in [-0.05, 0) is 12.5 Å². The van der Waals surface area contributed by atoms with Crippen molar-refractivity contribution in [3.05, 3.63) is 12.7 Å². The summed E-state index contributed by atoms with van der Waals surface area (Å²) in [6.45, 7) is 3.27. The average Bonchev–Trinajstić information content (AvgIpc) is 1.83. The van der Waals surface area contributed by atoms with Gasteiger partial charge in [0.25, 0.3) is 0 Å². The van der Waals surface area contributed by atoms with E-state index in [0.29, 0.717) is 6.42 Å². The van der Waals surface area contributed by atoms with Gasteiger partial charge in [-0.15, -0.1) is 0 Å². The number of hydrogen-bond acceptors (Lipinski definition) is 3. The first-order chi connectivity index (χ1) is 4.16. The van der Waals surface area contributed by atoms with Crippen LogP contribution in [0.5, 0.6) is 0 Å². The van der Waals surface area contributed by atoms with Crippen LogP contribution in [-0.2, 0) is 4.79 Å². The summed E-state index contributed by atoms with van der Waals surface area (Å²) >= 11 is 0. The zero-order valence-electron chi connectivity index (χ0n) is 5.21. The van der Waals surface area contributed by atoms with E-state index in [1.807, 2.05) is 0 Å². The van der Waals surface area contributed by atoms with Crippen molar-refractivity contribution in [1.29, 1.82) is 0 Å². The van der Waals surface area contributed by atoms with Crippen molar-refractivity contribution in [3.63, 3.8) is 0 Å². The molecule has 0 saturated heterocycles. The third-order valence-corrected chi connectivity index (χ3v) is 0.914. The molecule has 3 heteroatoms. The summed E-state index contributed by atoms with van der Waals surface area (Å²) in [7, 11) is 0. The lowest BCUT2D eigenvalue weighted by atomic mass is 10.2. The van der Waals surface area contributed by atoms with Crippen molar-refractivity contribution < 1.29 is 9.90 Å². The van der Waals surface area contributed by atoms with E-state index < -0.39 is 6.23 Å². The summed E-state index contributed by atoms with van der Waals surface area (Å²) in [5.41, 5.74) is 4.96. The van der Waals surface area contributed by atoms with Gasteiger partial charge in [0.2, 0.25) is 0 Å². The summed E-state index contributed by atoms with van der Waals surface area (Å²) in [5, 5.41) is 8.49. The standard InChI is InChI=1S/C6H11NO2/c1-2-5(8)3-4-6(7)9/h2,6,9H,1,3-4,7H2. The van der Waals surface area contributed by atoms with Crippen LogP contribution in [0.3, 0.4) is 0 Å². The molecule has 0 aromatic carbocycles. The lowest BCUT2D eigenvalue weighted by Crippen LogP contribution is -2.19. The molecule has 0 aliphatic heterocycles. The predicted molar refractivity (Wildman–Crippen MR) is 34.6 cm³/mol. The minimum absolute atomic E-state index is 0.0838. The summed E-state index contributed by atoms with van der Waals surface area (Å²) in [4.78, 5) is 10.4. The molecule has 0 aromatic rings. The van der Waals surface area contributed by atoms with Gasteiger partial charge in [0, 0.05) is 6.42 Å². The van der Waals surface area contributed by atoms with Gasteiger partial charge >= 0.3 is 0 Å². The predicted octanol–water partition coefficient (Wildman–Crippen LogP) is -0.201. The third kappa shape index (κ3) is 5.20. The quantitative estimate of drug-likeness (QED) is 0.408. The van der Waals surface area contributed by atoms with Gasteiger partial charge in [-0.1, -0.05) is 6.58 Å². The highest BCUT2D eigenvalue weighted by molar-refractivity contribution is 5.88. The van der Waals surface area contributed by atoms with Crippen LogP contribution < -0.4 is 5.73 Å². The fraction of sp³-hybridized carbons (Fsp3) is 0.500. The van der Waals surface area contributed by atoms with Crippen molar-refractivity contribution in [2.75, 3.05) is 0 Å². The number of aliphatic hydroxyl groups is 1. The van der Waals surface area contributed by atoms with Crippen molar-refractivity contribution in [2.24, 2.45) is 5.73 Å². The first kappa shape index (κ1) is 8.33. The fourth-order valence-electron chi connectivity index (χ4n) is 0.392. The van der Waals surface area contributed by atoms with E-state index in [2.05, 4.69) is 6.58 Å². The number of nitrogens with two attached hydrogens (primary N) is 1. The van der Waals surface area contributed by atoms with Gasteiger partial charge in [0.1, 0.15) is 6.23 Å². The molecule has 3 N–H and O–H groups in total. The second-order valence-electron chi connectivity index (χ2n) is 1.78. The van der Waals surface area contributed by atoms with Gasteiger partial charge in [-0.3, -0.25) is 4.79 Å². The molecule has 0 aliphatic rings. The molecule has 0 aromatic heterocycles. The van der Waals surface area contributed by atoms with Gasteiger partial charge in [0.15, 0.2) is 5.78 Å². The molecule has 1 unspecified atom stereocenters. The van der Waals surface area contributed by atoms with Crippen LogP contribution >= 0.6 is 0 Å². The Morgan fingerprint density at radius 2 is 2.44 bits per heavy atom. The first-order valence-corrected chi connectivity index (χ1v) is 2.75. The van der Waals surface area contributed by atoms with Crippen LogP contribution in [0.1, 0.15) is 12.8 Å². The lowest BCUT2D eigenvalue weighted by molar-refractivity contribution is -0.115. The number of hydrogen-bond donors (Lipinski definition) is 2. The lowest BCUT2D eigenvalue weighted by Gasteiger charge is -1.98. The Morgan fingerprint density at radius 3 is 2.78 bits per heavy atom. The second-order valence-corrected chi connectivity index (χ2v) is 1.78. The normalized spacial score (nSPS) is 12.7. The molecule has 9 heavy (non-hydrogen) atoms. The van der Waals surface area contributed by atoms with Gasteiger partial charge in [-0.25, -0.2) is 0 Å². The molecule has 0 heterocycles. The Bertz CT molecular complexity index is 110. The van der Waals surface area contributed by atoms with E-state index in [4.69, 9.17) is 10.8 Å². The first-order valence-electron chi connectivity index (χ1n) is 2.75. The molecule has 0 aliphatic carbocycles. The molecule has 0 saturated carbocycles. The summed E-state index contributed by atoms with van der Waals surface area (Å²) in [5.74, 6) is -0.0838. The highest BCUT2D eigenvalue weighted by Crippen LogP contribution is 1.92. The van der Waals surface area contributed by atoms with Crippen molar-refractivity contribution in [1.82, 2.24) is 0 Å². The number of ketones is 1. The summed E-state index contributed by atoms with van der Waals surface area (Å²) in [6, 6.07) is 0. The van der Waals surface area contributed by atoms with Crippen LogP contribution in [0.4, 0.5) is 0 Å². The van der Waals surface area contributed by atoms with Gasteiger partial charge in [0.05, 0.1) is 0 Å². The van der Waals surface area contributed by atoms with E-state index in [0.717, 1.165) is 0 Å². The van der Waals surface area contributed by atoms with E-state index >= 15 is 0 Å². The van der Waals surface area contributed by atoms with Crippen LogP contribution in [0, 0.1) is 0 Å². The molecule has 0 bridgehead atoms. The summed E-state index contributed by atoms with van der Waals surface area (Å²) in [6.07, 6.45) is 0.933. The van der Waals surface area contributed by atoms with Crippen molar-refractivity contribution >= 4 is 5.78 Å². The summed E-state index contributed by atoms with van der Waals surface area (Å²) < 4.78 is 0. The minimum Gasteiger partial charge on any atom is -0.379 e. The SMILES string of the molecule is C=CC(=O)CCC(N)O. The zero-order valence-corrected chi connectivity index (χ0v) is 5.21. The molecule has 0 radical (unpaired) electrons. The van der Waals surface area contributed by atoms with Crippen molar-refractivity contribution in [2.45, 2.75) is 19.1 Å². The van der Waals surface area contributed by atoms with Crippen LogP contribution in [0.15, 0.2) is 12.7 Å². The molecule has 0 spiro atoms. The highest BCUT2D eigenvalue weighted by Gasteiger charge is 1.98.